The number of thioether (sulfide) groups is 1. The first-order chi connectivity index (χ1) is 4.16. The summed E-state index contributed by atoms with van der Waals surface area (Å²) < 4.78 is 0. The standard InChI is InChI=1S/C4H6Cl2N2S/c5-1-3(6)2-9-4(7)8/h1H,2H2,(H3,7,8)/b3-1-. The fourth-order valence-electron chi connectivity index (χ4n) is 0.178. The van der Waals surface area contributed by atoms with Gasteiger partial charge in [0.1, 0.15) is 0 Å². The minimum atomic E-state index is 0.0478. The van der Waals surface area contributed by atoms with Crippen LogP contribution in [-0.4, -0.2) is 10.9 Å². The third-order valence-corrected chi connectivity index (χ3v) is 2.03. The van der Waals surface area contributed by atoms with Crippen molar-refractivity contribution in [2.45, 2.75) is 0 Å². The molecule has 9 heavy (non-hydrogen) atoms. The second kappa shape index (κ2) is 4.97. The molecule has 0 atom stereocenters. The Morgan fingerprint density at radius 1 is 1.78 bits per heavy atom. The van der Waals surface area contributed by atoms with Gasteiger partial charge in [0.25, 0.3) is 0 Å². The van der Waals surface area contributed by atoms with Crippen LogP contribution in [-0.2, 0) is 0 Å². The first kappa shape index (κ1) is 9.14. The summed E-state index contributed by atoms with van der Waals surface area (Å²) in [5, 5.41) is 7.32. The van der Waals surface area contributed by atoms with Crippen LogP contribution in [0.1, 0.15) is 0 Å². The van der Waals surface area contributed by atoms with Gasteiger partial charge in [0.2, 0.25) is 0 Å². The number of amidine groups is 1. The summed E-state index contributed by atoms with van der Waals surface area (Å²) in [5.74, 6) is 0.473. The highest BCUT2D eigenvalue weighted by molar-refractivity contribution is 8.13. The van der Waals surface area contributed by atoms with E-state index in [1.165, 1.54) is 5.54 Å². The van der Waals surface area contributed by atoms with Crippen LogP contribution in [0.15, 0.2) is 10.6 Å². The van der Waals surface area contributed by atoms with E-state index in [1.54, 1.807) is 0 Å². The molecular weight excluding hydrogens is 179 g/mol. The van der Waals surface area contributed by atoms with Crippen LogP contribution < -0.4 is 5.73 Å². The Morgan fingerprint density at radius 3 is 2.67 bits per heavy atom. The van der Waals surface area contributed by atoms with Crippen LogP contribution >= 0.6 is 35.0 Å². The normalized spacial score (nSPS) is 11.6. The highest BCUT2D eigenvalue weighted by atomic mass is 35.5. The average Bonchev–Trinajstić information content (AvgIpc) is 1.83. The maximum Gasteiger partial charge on any atom is 0.151 e. The van der Waals surface area contributed by atoms with Gasteiger partial charge < -0.3 is 5.73 Å². The predicted octanol–water partition coefficient (Wildman–Crippen LogP) is 1.93. The largest absolute Gasteiger partial charge is 0.379 e. The molecule has 0 bridgehead atoms. The van der Waals surface area contributed by atoms with Crippen molar-refractivity contribution in [3.05, 3.63) is 10.6 Å². The van der Waals surface area contributed by atoms with Gasteiger partial charge in [0.15, 0.2) is 5.17 Å². The molecule has 0 unspecified atom stereocenters. The molecule has 0 aliphatic carbocycles. The van der Waals surface area contributed by atoms with Crippen molar-refractivity contribution in [3.8, 4) is 0 Å². The van der Waals surface area contributed by atoms with E-state index in [9.17, 15) is 0 Å². The highest BCUT2D eigenvalue weighted by Crippen LogP contribution is 2.11. The zero-order valence-electron chi connectivity index (χ0n) is 4.53. The molecule has 5 heteroatoms. The van der Waals surface area contributed by atoms with Gasteiger partial charge in [-0.1, -0.05) is 35.0 Å². The molecule has 2 nitrogen and oxygen atoms in total. The Kier molecular flexibility index (Phi) is 5.04. The summed E-state index contributed by atoms with van der Waals surface area (Å²) in [7, 11) is 0. The van der Waals surface area contributed by atoms with E-state index in [1.807, 2.05) is 0 Å². The Labute approximate surface area is 67.9 Å². The third kappa shape index (κ3) is 6.02. The Balaban J connectivity index is 3.39. The average molecular weight is 185 g/mol. The van der Waals surface area contributed by atoms with Crippen molar-refractivity contribution in [1.29, 1.82) is 5.41 Å². The van der Waals surface area contributed by atoms with Crippen molar-refractivity contribution in [2.24, 2.45) is 5.73 Å². The van der Waals surface area contributed by atoms with Gasteiger partial charge >= 0.3 is 0 Å². The second-order valence-corrected chi connectivity index (χ2v) is 2.93. The first-order valence-corrected chi connectivity index (χ1v) is 3.88. The summed E-state index contributed by atoms with van der Waals surface area (Å²) in [6.07, 6.45) is 0. The lowest BCUT2D eigenvalue weighted by molar-refractivity contribution is 1.50. The van der Waals surface area contributed by atoms with Gasteiger partial charge in [0.05, 0.1) is 0 Å². The fourth-order valence-corrected chi connectivity index (χ4v) is 0.887. The molecule has 3 N–H and O–H groups in total. The number of nitrogens with two attached hydrogens (primary N) is 1. The van der Waals surface area contributed by atoms with Crippen molar-refractivity contribution in [1.82, 2.24) is 0 Å². The molecule has 0 radical (unpaired) electrons. The smallest absolute Gasteiger partial charge is 0.151 e. The number of hydrogen-bond acceptors (Lipinski definition) is 2. The molecule has 0 heterocycles. The van der Waals surface area contributed by atoms with Crippen LogP contribution in [0.2, 0.25) is 0 Å². The number of halogens is 2. The van der Waals surface area contributed by atoms with Crippen LogP contribution in [0.4, 0.5) is 0 Å². The van der Waals surface area contributed by atoms with Crippen LogP contribution in [0.3, 0.4) is 0 Å². The molecule has 52 valence electrons. The summed E-state index contributed by atoms with van der Waals surface area (Å²) in [4.78, 5) is 0. The van der Waals surface area contributed by atoms with Gasteiger partial charge in [-0.25, -0.2) is 0 Å². The zero-order chi connectivity index (χ0) is 7.28. The quantitative estimate of drug-likeness (QED) is 0.510. The monoisotopic (exact) mass is 184 g/mol. The second-order valence-electron chi connectivity index (χ2n) is 1.21. The summed E-state index contributed by atoms with van der Waals surface area (Å²) in [6.45, 7) is 0. The van der Waals surface area contributed by atoms with Gasteiger partial charge in [-0.2, -0.15) is 0 Å². The van der Waals surface area contributed by atoms with E-state index in [0.29, 0.717) is 10.8 Å². The highest BCUT2D eigenvalue weighted by Gasteiger charge is 1.92. The minimum absolute atomic E-state index is 0.0478. The van der Waals surface area contributed by atoms with E-state index >= 15 is 0 Å². The predicted molar refractivity (Wildman–Crippen MR) is 44.2 cm³/mol. The van der Waals surface area contributed by atoms with Gasteiger partial charge in [-0.15, -0.1) is 0 Å². The Morgan fingerprint density at radius 2 is 2.33 bits per heavy atom. The molecule has 0 spiro atoms. The lowest BCUT2D eigenvalue weighted by atomic mass is 10.7. The summed E-state index contributed by atoms with van der Waals surface area (Å²) >= 11 is 11.8. The first-order valence-electron chi connectivity index (χ1n) is 2.08. The van der Waals surface area contributed by atoms with Crippen LogP contribution in [0.25, 0.3) is 0 Å². The van der Waals surface area contributed by atoms with E-state index in [2.05, 4.69) is 0 Å². The van der Waals surface area contributed by atoms with Crippen molar-refractivity contribution < 1.29 is 0 Å². The van der Waals surface area contributed by atoms with Crippen molar-refractivity contribution >= 4 is 40.1 Å². The molecular formula is C4H6Cl2N2S. The molecule has 0 saturated heterocycles. The topological polar surface area (TPSA) is 49.9 Å². The maximum absolute atomic E-state index is 6.77. The maximum atomic E-state index is 6.77. The van der Waals surface area contributed by atoms with Gasteiger partial charge in [-0.3, -0.25) is 5.41 Å². The van der Waals surface area contributed by atoms with Crippen LogP contribution in [0.5, 0.6) is 0 Å². The molecule has 0 aliphatic rings. The Bertz CT molecular complexity index is 135. The van der Waals surface area contributed by atoms with E-state index in [-0.39, 0.29) is 5.17 Å². The lowest BCUT2D eigenvalue weighted by Crippen LogP contribution is -2.04. The fraction of sp³-hybridized carbons (Fsp3) is 0.250. The van der Waals surface area contributed by atoms with E-state index in [0.717, 1.165) is 11.8 Å². The lowest BCUT2D eigenvalue weighted by Gasteiger charge is -1.93. The number of rotatable bonds is 2. The van der Waals surface area contributed by atoms with Crippen molar-refractivity contribution in [2.75, 3.05) is 5.75 Å². The Hall–Kier alpha value is 0.140. The summed E-state index contributed by atoms with van der Waals surface area (Å²) in [5.41, 5.74) is 6.27. The van der Waals surface area contributed by atoms with E-state index in [4.69, 9.17) is 34.3 Å². The molecule has 0 rings (SSSR count). The van der Waals surface area contributed by atoms with Crippen LogP contribution in [0, 0.1) is 5.41 Å². The minimum Gasteiger partial charge on any atom is -0.379 e. The van der Waals surface area contributed by atoms with Gasteiger partial charge in [-0.05, 0) is 0 Å². The molecule has 0 aromatic heterocycles. The molecule has 0 aromatic rings. The SMILES string of the molecule is N=C(N)SC/C(Cl)=C/Cl. The molecule has 0 fully saturated rings. The molecule has 0 saturated carbocycles. The molecule has 0 aromatic carbocycles. The summed E-state index contributed by atoms with van der Waals surface area (Å²) in [6, 6.07) is 0. The van der Waals surface area contributed by atoms with Crippen molar-refractivity contribution in [3.63, 3.8) is 0 Å². The van der Waals surface area contributed by atoms with Gasteiger partial charge in [0, 0.05) is 16.3 Å². The number of nitrogens with one attached hydrogen (secondary N) is 1. The third-order valence-electron chi connectivity index (χ3n) is 0.484. The molecule has 0 aliphatic heterocycles. The molecule has 0 amide bonds. The number of hydrogen-bond donors (Lipinski definition) is 2. The zero-order valence-corrected chi connectivity index (χ0v) is 6.85. The van der Waals surface area contributed by atoms with E-state index < -0.39 is 0 Å².